The molecule has 15 heavy (non-hydrogen) atoms. The van der Waals surface area contributed by atoms with Crippen LogP contribution < -0.4 is 5.73 Å². The van der Waals surface area contributed by atoms with Gasteiger partial charge in [0.1, 0.15) is 6.34 Å². The number of nitrogen functional groups attached to an aromatic ring is 1. The second kappa shape index (κ2) is 4.31. The Bertz CT molecular complexity index is 466. The van der Waals surface area contributed by atoms with Crippen molar-refractivity contribution < 1.29 is 8.42 Å². The smallest absolute Gasteiger partial charge is 0.283 e. The predicted molar refractivity (Wildman–Crippen MR) is 60.2 cm³/mol. The lowest BCUT2D eigenvalue weighted by Crippen LogP contribution is -2.10. The van der Waals surface area contributed by atoms with Crippen LogP contribution in [0.3, 0.4) is 0 Å². The van der Waals surface area contributed by atoms with Gasteiger partial charge in [-0.25, -0.2) is 0 Å². The molecule has 0 heterocycles. The van der Waals surface area contributed by atoms with Crippen LogP contribution in [0.2, 0.25) is 0 Å². The summed E-state index contributed by atoms with van der Waals surface area (Å²) >= 11 is 0. The molecular weight excluding hydrogens is 214 g/mol. The molecule has 1 aromatic rings. The van der Waals surface area contributed by atoms with Crippen molar-refractivity contribution in [1.29, 1.82) is 0 Å². The Morgan fingerprint density at radius 2 is 2.07 bits per heavy atom. The van der Waals surface area contributed by atoms with Gasteiger partial charge in [-0.3, -0.25) is 0 Å². The molecule has 6 heteroatoms. The van der Waals surface area contributed by atoms with Gasteiger partial charge in [0.25, 0.3) is 10.0 Å². The van der Waals surface area contributed by atoms with E-state index in [9.17, 15) is 8.42 Å². The van der Waals surface area contributed by atoms with Crippen molar-refractivity contribution in [2.45, 2.75) is 4.90 Å². The van der Waals surface area contributed by atoms with Gasteiger partial charge in [-0.2, -0.15) is 8.42 Å². The van der Waals surface area contributed by atoms with Crippen LogP contribution in [0.1, 0.15) is 0 Å². The molecule has 1 aromatic carbocycles. The van der Waals surface area contributed by atoms with Crippen LogP contribution in [0.5, 0.6) is 0 Å². The summed E-state index contributed by atoms with van der Waals surface area (Å²) in [6, 6.07) is 6.03. The Balaban J connectivity index is 3.07. The highest BCUT2D eigenvalue weighted by Gasteiger charge is 2.11. The van der Waals surface area contributed by atoms with Crippen LogP contribution in [0.25, 0.3) is 0 Å². The van der Waals surface area contributed by atoms with Crippen LogP contribution in [-0.2, 0) is 10.0 Å². The zero-order valence-electron chi connectivity index (χ0n) is 8.58. The average Bonchev–Trinajstić information content (AvgIpc) is 2.15. The maximum Gasteiger partial charge on any atom is 0.283 e. The minimum atomic E-state index is -3.63. The summed E-state index contributed by atoms with van der Waals surface area (Å²) in [5, 5.41) is 0. The molecule has 82 valence electrons. The molecule has 0 bridgehead atoms. The molecule has 0 aliphatic rings. The third-order valence-electron chi connectivity index (χ3n) is 1.57. The van der Waals surface area contributed by atoms with Crippen LogP contribution >= 0.6 is 0 Å². The molecule has 0 saturated heterocycles. The van der Waals surface area contributed by atoms with E-state index in [0.717, 1.165) is 0 Å². The molecule has 0 fully saturated rings. The molecule has 0 radical (unpaired) electrons. The molecular formula is C9H13N3O2S. The fourth-order valence-corrected chi connectivity index (χ4v) is 1.86. The Labute approximate surface area is 89.3 Å². The number of hydrogen-bond acceptors (Lipinski definition) is 3. The lowest BCUT2D eigenvalue weighted by atomic mass is 10.3. The monoisotopic (exact) mass is 227 g/mol. The summed E-state index contributed by atoms with van der Waals surface area (Å²) in [6.07, 6.45) is 1.23. The number of hydrogen-bond donors (Lipinski definition) is 1. The Morgan fingerprint density at radius 1 is 1.40 bits per heavy atom. The standard InChI is InChI=1S/C9H13N3O2S/c1-12(2)7-11-15(13,14)9-5-3-4-8(10)6-9/h3-7H,10H2,1-2H3. The summed E-state index contributed by atoms with van der Waals surface area (Å²) in [5.41, 5.74) is 5.88. The number of sulfonamides is 1. The first-order chi connectivity index (χ1) is 6.92. The molecule has 5 nitrogen and oxygen atoms in total. The summed E-state index contributed by atoms with van der Waals surface area (Å²) < 4.78 is 26.7. The highest BCUT2D eigenvalue weighted by Crippen LogP contribution is 2.14. The van der Waals surface area contributed by atoms with Crippen molar-refractivity contribution in [2.75, 3.05) is 19.8 Å². The van der Waals surface area contributed by atoms with Gasteiger partial charge in [-0.05, 0) is 18.2 Å². The first-order valence-corrected chi connectivity index (χ1v) is 5.68. The van der Waals surface area contributed by atoms with E-state index in [2.05, 4.69) is 4.40 Å². The van der Waals surface area contributed by atoms with E-state index in [1.807, 2.05) is 0 Å². The maximum absolute atomic E-state index is 11.6. The Morgan fingerprint density at radius 3 is 2.60 bits per heavy atom. The number of nitrogens with zero attached hydrogens (tertiary/aromatic N) is 2. The molecule has 0 amide bonds. The van der Waals surface area contributed by atoms with E-state index in [1.54, 1.807) is 31.1 Å². The van der Waals surface area contributed by atoms with E-state index >= 15 is 0 Å². The number of anilines is 1. The van der Waals surface area contributed by atoms with E-state index in [1.165, 1.54) is 18.5 Å². The highest BCUT2D eigenvalue weighted by molar-refractivity contribution is 7.90. The minimum Gasteiger partial charge on any atom is -0.399 e. The summed E-state index contributed by atoms with van der Waals surface area (Å²) in [6.45, 7) is 0. The largest absolute Gasteiger partial charge is 0.399 e. The highest BCUT2D eigenvalue weighted by atomic mass is 32.2. The van der Waals surface area contributed by atoms with Crippen molar-refractivity contribution >= 4 is 22.0 Å². The zero-order chi connectivity index (χ0) is 11.5. The zero-order valence-corrected chi connectivity index (χ0v) is 9.40. The molecule has 0 spiro atoms. The van der Waals surface area contributed by atoms with Gasteiger partial charge in [-0.15, -0.1) is 4.40 Å². The molecule has 0 aromatic heterocycles. The predicted octanol–water partition coefficient (Wildman–Crippen LogP) is 0.547. The second-order valence-electron chi connectivity index (χ2n) is 3.23. The fourth-order valence-electron chi connectivity index (χ4n) is 0.892. The van der Waals surface area contributed by atoms with Crippen LogP contribution in [0, 0.1) is 0 Å². The molecule has 0 unspecified atom stereocenters. The average molecular weight is 227 g/mol. The van der Waals surface area contributed by atoms with Crippen molar-refractivity contribution in [1.82, 2.24) is 4.90 Å². The fraction of sp³-hybridized carbons (Fsp3) is 0.222. The normalized spacial score (nSPS) is 11.9. The quantitative estimate of drug-likeness (QED) is 0.465. The molecule has 0 saturated carbocycles. The van der Waals surface area contributed by atoms with Gasteiger partial charge < -0.3 is 10.6 Å². The lowest BCUT2D eigenvalue weighted by Gasteiger charge is -2.03. The van der Waals surface area contributed by atoms with Crippen molar-refractivity contribution in [3.05, 3.63) is 24.3 Å². The second-order valence-corrected chi connectivity index (χ2v) is 4.86. The topological polar surface area (TPSA) is 75.8 Å². The van der Waals surface area contributed by atoms with Gasteiger partial charge in [-0.1, -0.05) is 6.07 Å². The third-order valence-corrected chi connectivity index (χ3v) is 2.79. The van der Waals surface area contributed by atoms with Gasteiger partial charge in [0.05, 0.1) is 4.90 Å². The number of rotatable bonds is 3. The molecule has 0 aliphatic carbocycles. The van der Waals surface area contributed by atoms with E-state index in [-0.39, 0.29) is 4.90 Å². The Hall–Kier alpha value is -1.56. The molecule has 0 aliphatic heterocycles. The summed E-state index contributed by atoms with van der Waals surface area (Å²) in [5.74, 6) is 0. The van der Waals surface area contributed by atoms with Crippen LogP contribution in [0.15, 0.2) is 33.6 Å². The van der Waals surface area contributed by atoms with E-state index in [0.29, 0.717) is 5.69 Å². The van der Waals surface area contributed by atoms with E-state index in [4.69, 9.17) is 5.73 Å². The van der Waals surface area contributed by atoms with Gasteiger partial charge in [0.15, 0.2) is 0 Å². The first-order valence-electron chi connectivity index (χ1n) is 4.24. The van der Waals surface area contributed by atoms with E-state index < -0.39 is 10.0 Å². The SMILES string of the molecule is CN(C)C=NS(=O)(=O)c1cccc(N)c1. The first kappa shape index (κ1) is 11.5. The Kier molecular flexibility index (Phi) is 3.31. The van der Waals surface area contributed by atoms with Crippen LogP contribution in [-0.4, -0.2) is 33.8 Å². The van der Waals surface area contributed by atoms with Gasteiger partial charge >= 0.3 is 0 Å². The summed E-state index contributed by atoms with van der Waals surface area (Å²) in [4.78, 5) is 1.64. The number of benzene rings is 1. The van der Waals surface area contributed by atoms with Gasteiger partial charge in [0.2, 0.25) is 0 Å². The lowest BCUT2D eigenvalue weighted by molar-refractivity contribution is 0.595. The molecule has 2 N–H and O–H groups in total. The summed E-state index contributed by atoms with van der Waals surface area (Å²) in [7, 11) is -0.244. The molecule has 0 atom stereocenters. The van der Waals surface area contributed by atoms with Gasteiger partial charge in [0, 0.05) is 19.8 Å². The molecule has 1 rings (SSSR count). The number of nitrogens with two attached hydrogens (primary N) is 1. The maximum atomic E-state index is 11.6. The van der Waals surface area contributed by atoms with Crippen LogP contribution in [0.4, 0.5) is 5.69 Å². The minimum absolute atomic E-state index is 0.0978. The van der Waals surface area contributed by atoms with Crippen molar-refractivity contribution in [2.24, 2.45) is 4.40 Å². The third kappa shape index (κ3) is 3.25. The van der Waals surface area contributed by atoms with Crippen molar-refractivity contribution in [3.8, 4) is 0 Å². The van der Waals surface area contributed by atoms with Crippen molar-refractivity contribution in [3.63, 3.8) is 0 Å².